The van der Waals surface area contributed by atoms with Crippen LogP contribution in [0.3, 0.4) is 0 Å². The third-order valence-corrected chi connectivity index (χ3v) is 13.4. The number of benzene rings is 10. The molecule has 61 heavy (non-hydrogen) atoms. The number of rotatable bonds is 5. The molecule has 0 saturated carbocycles. The van der Waals surface area contributed by atoms with Gasteiger partial charge in [0.25, 0.3) is 0 Å². The van der Waals surface area contributed by atoms with E-state index in [0.29, 0.717) is 0 Å². The summed E-state index contributed by atoms with van der Waals surface area (Å²) in [6, 6.07) is 85.4. The van der Waals surface area contributed by atoms with Crippen molar-refractivity contribution in [3.8, 4) is 39.1 Å². The van der Waals surface area contributed by atoms with E-state index in [2.05, 4.69) is 240 Å². The van der Waals surface area contributed by atoms with Gasteiger partial charge in [0.15, 0.2) is 0 Å². The van der Waals surface area contributed by atoms with Gasteiger partial charge in [-0.3, -0.25) is 0 Å². The highest BCUT2D eigenvalue weighted by Gasteiger charge is 2.51. The Labute approximate surface area is 354 Å². The van der Waals surface area contributed by atoms with Crippen molar-refractivity contribution in [3.63, 3.8) is 0 Å². The minimum atomic E-state index is -0.459. The maximum absolute atomic E-state index is 2.52. The molecule has 13 rings (SSSR count). The molecule has 10 aromatic carbocycles. The number of hydrogen-bond donors (Lipinski definition) is 0. The summed E-state index contributed by atoms with van der Waals surface area (Å²) < 4.78 is 2.40. The second-order valence-corrected chi connectivity index (χ2v) is 16.4. The molecule has 2 heteroatoms. The van der Waals surface area contributed by atoms with Gasteiger partial charge in [-0.25, -0.2) is 0 Å². The molecule has 284 valence electrons. The van der Waals surface area contributed by atoms with Crippen molar-refractivity contribution in [3.05, 3.63) is 253 Å². The van der Waals surface area contributed by atoms with Gasteiger partial charge < -0.3 is 9.47 Å². The Morgan fingerprint density at radius 3 is 1.57 bits per heavy atom. The van der Waals surface area contributed by atoms with E-state index in [1.54, 1.807) is 0 Å². The molecule has 1 heterocycles. The Bertz CT molecular complexity index is 3480. The summed E-state index contributed by atoms with van der Waals surface area (Å²) in [5, 5.41) is 4.88. The van der Waals surface area contributed by atoms with Crippen molar-refractivity contribution in [2.24, 2.45) is 0 Å². The highest BCUT2D eigenvalue weighted by molar-refractivity contribution is 6.12. The van der Waals surface area contributed by atoms with Gasteiger partial charge in [-0.1, -0.05) is 176 Å². The number of hydrogen-bond acceptors (Lipinski definition) is 1. The number of para-hydroxylation sites is 2. The van der Waals surface area contributed by atoms with Crippen LogP contribution in [-0.2, 0) is 5.41 Å². The largest absolute Gasteiger partial charge is 0.310 e. The van der Waals surface area contributed by atoms with Gasteiger partial charge in [0.2, 0.25) is 0 Å². The van der Waals surface area contributed by atoms with Gasteiger partial charge in [0.05, 0.1) is 22.1 Å². The summed E-state index contributed by atoms with van der Waals surface area (Å²) in [5.41, 5.74) is 19.4. The van der Waals surface area contributed by atoms with E-state index in [1.807, 2.05) is 0 Å². The van der Waals surface area contributed by atoms with E-state index in [0.717, 1.165) is 22.7 Å². The molecule has 0 fully saturated rings. The zero-order chi connectivity index (χ0) is 40.1. The van der Waals surface area contributed by atoms with Crippen LogP contribution < -0.4 is 4.90 Å². The summed E-state index contributed by atoms with van der Waals surface area (Å²) in [6.45, 7) is 0. The number of anilines is 3. The molecule has 0 unspecified atom stereocenters. The van der Waals surface area contributed by atoms with E-state index < -0.39 is 5.41 Å². The van der Waals surface area contributed by atoms with Crippen LogP contribution in [0.25, 0.3) is 71.6 Å². The summed E-state index contributed by atoms with van der Waals surface area (Å²) >= 11 is 0. The van der Waals surface area contributed by atoms with E-state index in [1.165, 1.54) is 88.2 Å². The predicted octanol–water partition coefficient (Wildman–Crippen LogP) is 15.4. The number of nitrogens with zero attached hydrogens (tertiary/aromatic N) is 2. The molecular weight excluding hydrogens is 737 g/mol. The Kier molecular flexibility index (Phi) is 7.26. The van der Waals surface area contributed by atoms with Crippen molar-refractivity contribution in [2.75, 3.05) is 4.90 Å². The zero-order valence-electron chi connectivity index (χ0n) is 33.3. The normalized spacial score (nSPS) is 13.0. The summed E-state index contributed by atoms with van der Waals surface area (Å²) in [5.74, 6) is 0. The van der Waals surface area contributed by atoms with Crippen molar-refractivity contribution in [1.29, 1.82) is 0 Å². The second kappa shape index (κ2) is 13.0. The zero-order valence-corrected chi connectivity index (χ0v) is 33.3. The van der Waals surface area contributed by atoms with Crippen LogP contribution in [0.4, 0.5) is 17.1 Å². The minimum Gasteiger partial charge on any atom is -0.310 e. The molecule has 0 N–H and O–H groups in total. The second-order valence-electron chi connectivity index (χ2n) is 16.4. The Hall–Kier alpha value is -7.94. The topological polar surface area (TPSA) is 8.17 Å². The molecule has 0 atom stereocenters. The fourth-order valence-electron chi connectivity index (χ4n) is 11.0. The molecule has 0 radical (unpaired) electrons. The first kappa shape index (κ1) is 34.0. The quantitative estimate of drug-likeness (QED) is 0.169. The molecule has 1 spiro atoms. The third kappa shape index (κ3) is 4.73. The van der Waals surface area contributed by atoms with Crippen LogP contribution in [0.2, 0.25) is 0 Å². The minimum absolute atomic E-state index is 0.459. The monoisotopic (exact) mass is 774 g/mol. The van der Waals surface area contributed by atoms with E-state index in [4.69, 9.17) is 0 Å². The van der Waals surface area contributed by atoms with Crippen molar-refractivity contribution >= 4 is 49.6 Å². The molecule has 0 saturated heterocycles. The maximum atomic E-state index is 2.52. The van der Waals surface area contributed by atoms with E-state index in [-0.39, 0.29) is 0 Å². The summed E-state index contributed by atoms with van der Waals surface area (Å²) in [6.07, 6.45) is 0. The first-order chi connectivity index (χ1) is 30.3. The Morgan fingerprint density at radius 1 is 0.344 bits per heavy atom. The lowest BCUT2D eigenvalue weighted by atomic mass is 9.70. The van der Waals surface area contributed by atoms with Gasteiger partial charge in [-0.05, 0) is 115 Å². The fourth-order valence-corrected chi connectivity index (χ4v) is 11.0. The molecule has 1 aromatic heterocycles. The van der Waals surface area contributed by atoms with E-state index >= 15 is 0 Å². The van der Waals surface area contributed by atoms with Crippen LogP contribution >= 0.6 is 0 Å². The van der Waals surface area contributed by atoms with Crippen LogP contribution in [0.5, 0.6) is 0 Å². The first-order valence-corrected chi connectivity index (χ1v) is 21.2. The van der Waals surface area contributed by atoms with Crippen molar-refractivity contribution in [2.45, 2.75) is 5.41 Å². The molecule has 2 nitrogen and oxygen atoms in total. The lowest BCUT2D eigenvalue weighted by Crippen LogP contribution is -2.26. The summed E-state index contributed by atoms with van der Waals surface area (Å²) in [4.78, 5) is 2.52. The number of fused-ring (bicyclic) bond motifs is 14. The Balaban J connectivity index is 1.13. The highest BCUT2D eigenvalue weighted by atomic mass is 15.1. The molecule has 2 aliphatic rings. The Morgan fingerprint density at radius 2 is 0.869 bits per heavy atom. The standard InChI is InChI=1S/C59H38N2/c1-3-18-40(19-4-1)58-44-22-8-7-17-39(44)31-35-57(58)60(42-33-36-56-50(37-42)49-26-12-16-30-55(49)61(56)41-20-5-2-6-21-41)43-32-34-48-47-25-11-15-29-53(47)59(54(48)38-43)51-27-13-9-23-45(51)46-24-10-14-28-52(46)59/h1-38H. The van der Waals surface area contributed by atoms with E-state index in [9.17, 15) is 0 Å². The van der Waals surface area contributed by atoms with Crippen LogP contribution in [-0.4, -0.2) is 4.57 Å². The maximum Gasteiger partial charge on any atom is 0.0726 e. The lowest BCUT2D eigenvalue weighted by Gasteiger charge is -2.33. The third-order valence-electron chi connectivity index (χ3n) is 13.4. The van der Waals surface area contributed by atoms with Gasteiger partial charge >= 0.3 is 0 Å². The lowest BCUT2D eigenvalue weighted by molar-refractivity contribution is 0.793. The molecule has 2 aliphatic carbocycles. The number of aromatic nitrogens is 1. The SMILES string of the molecule is c1ccc(-c2c(N(c3ccc4c(c3)C3(c5ccccc5-c5ccccc53)c3ccccc3-4)c3ccc4c(c3)c3ccccc3n4-c3ccccc3)ccc3ccccc23)cc1. The van der Waals surface area contributed by atoms with Gasteiger partial charge in [0, 0.05) is 33.4 Å². The van der Waals surface area contributed by atoms with Crippen LogP contribution in [0.15, 0.2) is 231 Å². The fraction of sp³-hybridized carbons (Fsp3) is 0.0169. The van der Waals surface area contributed by atoms with Crippen molar-refractivity contribution < 1.29 is 0 Å². The molecule has 11 aromatic rings. The van der Waals surface area contributed by atoms with Crippen LogP contribution in [0, 0.1) is 0 Å². The molecule has 0 bridgehead atoms. The van der Waals surface area contributed by atoms with Gasteiger partial charge in [-0.2, -0.15) is 0 Å². The molecule has 0 aliphatic heterocycles. The smallest absolute Gasteiger partial charge is 0.0726 e. The van der Waals surface area contributed by atoms with Crippen LogP contribution in [0.1, 0.15) is 22.3 Å². The van der Waals surface area contributed by atoms with Gasteiger partial charge in [0.1, 0.15) is 0 Å². The molecule has 0 amide bonds. The predicted molar refractivity (Wildman–Crippen MR) is 255 cm³/mol. The molecular formula is C59H38N2. The first-order valence-electron chi connectivity index (χ1n) is 21.2. The highest BCUT2D eigenvalue weighted by Crippen LogP contribution is 2.63. The average Bonchev–Trinajstić information content (AvgIpc) is 3.94. The summed E-state index contributed by atoms with van der Waals surface area (Å²) in [7, 11) is 0. The average molecular weight is 775 g/mol. The van der Waals surface area contributed by atoms with Gasteiger partial charge in [-0.15, -0.1) is 0 Å². The van der Waals surface area contributed by atoms with Crippen molar-refractivity contribution in [1.82, 2.24) is 4.57 Å².